The van der Waals surface area contributed by atoms with Gasteiger partial charge in [0.2, 0.25) is 0 Å². The first-order valence-electron chi connectivity index (χ1n) is 4.90. The van der Waals surface area contributed by atoms with Crippen LogP contribution in [0.3, 0.4) is 0 Å². The lowest BCUT2D eigenvalue weighted by Crippen LogP contribution is -2.29. The van der Waals surface area contributed by atoms with Gasteiger partial charge in [-0.25, -0.2) is 0 Å². The van der Waals surface area contributed by atoms with Crippen molar-refractivity contribution < 1.29 is 0 Å². The minimum Gasteiger partial charge on any atom is -0.198 e. The zero-order valence-electron chi connectivity index (χ0n) is 7.96. The second-order valence-corrected chi connectivity index (χ2v) is 4.49. The Hall–Kier alpha value is -1.00. The summed E-state index contributed by atoms with van der Waals surface area (Å²) >= 11 is 5.90. The van der Waals surface area contributed by atoms with Crippen LogP contribution >= 0.6 is 11.6 Å². The van der Waals surface area contributed by atoms with Gasteiger partial charge in [-0.3, -0.25) is 0 Å². The summed E-state index contributed by atoms with van der Waals surface area (Å²) in [6.07, 6.45) is 4.12. The minimum atomic E-state index is -0.0926. The molecular weight excluding hydrogens is 194 g/mol. The van der Waals surface area contributed by atoms with Crippen LogP contribution in [0.4, 0.5) is 0 Å². The van der Waals surface area contributed by atoms with Crippen molar-refractivity contribution in [3.63, 3.8) is 0 Å². The number of nitriles is 1. The molecule has 1 aliphatic rings. The largest absolute Gasteiger partial charge is 0.198 e. The molecule has 0 amide bonds. The molecule has 1 aromatic carbocycles. The van der Waals surface area contributed by atoms with Crippen LogP contribution in [0.15, 0.2) is 24.3 Å². The van der Waals surface area contributed by atoms with Crippen molar-refractivity contribution >= 4 is 11.6 Å². The van der Waals surface area contributed by atoms with E-state index in [0.29, 0.717) is 0 Å². The Balaban J connectivity index is 2.14. The molecule has 72 valence electrons. The molecule has 1 nitrogen and oxygen atoms in total. The smallest absolute Gasteiger partial charge is 0.0693 e. The lowest BCUT2D eigenvalue weighted by atomic mass is 9.66. The molecule has 0 saturated heterocycles. The molecule has 1 fully saturated rings. The number of nitrogens with zero attached hydrogens (tertiary/aromatic N) is 1. The molecule has 1 aliphatic carbocycles. The van der Waals surface area contributed by atoms with Crippen molar-refractivity contribution in [2.24, 2.45) is 5.41 Å². The first-order chi connectivity index (χ1) is 6.74. The summed E-state index contributed by atoms with van der Waals surface area (Å²) in [4.78, 5) is 0. The van der Waals surface area contributed by atoms with Crippen LogP contribution in [0, 0.1) is 16.7 Å². The molecule has 0 N–H and O–H groups in total. The highest BCUT2D eigenvalue weighted by Gasteiger charge is 2.37. The highest BCUT2D eigenvalue weighted by molar-refractivity contribution is 6.30. The summed E-state index contributed by atoms with van der Waals surface area (Å²) in [6.45, 7) is 0. The van der Waals surface area contributed by atoms with Gasteiger partial charge in [-0.05, 0) is 37.0 Å². The normalized spacial score (nSPS) is 18.3. The maximum absolute atomic E-state index is 9.08. The zero-order chi connectivity index (χ0) is 10.0. The van der Waals surface area contributed by atoms with E-state index in [4.69, 9.17) is 16.9 Å². The van der Waals surface area contributed by atoms with Gasteiger partial charge in [-0.1, -0.05) is 30.2 Å². The van der Waals surface area contributed by atoms with Crippen molar-refractivity contribution in [3.8, 4) is 6.07 Å². The lowest BCUT2D eigenvalue weighted by molar-refractivity contribution is 0.214. The van der Waals surface area contributed by atoms with Gasteiger partial charge in [0, 0.05) is 5.02 Å². The van der Waals surface area contributed by atoms with Crippen LogP contribution < -0.4 is 0 Å². The van der Waals surface area contributed by atoms with Crippen molar-refractivity contribution in [1.82, 2.24) is 0 Å². The second-order valence-electron chi connectivity index (χ2n) is 4.05. The van der Waals surface area contributed by atoms with Gasteiger partial charge < -0.3 is 0 Å². The molecule has 0 spiro atoms. The molecule has 0 heterocycles. The standard InChI is InChI=1S/C12H12ClN/c13-11-4-1-3-10(7-11)8-12(9-14)5-2-6-12/h1,3-4,7H,2,5-6,8H2. The van der Waals surface area contributed by atoms with E-state index >= 15 is 0 Å². The highest BCUT2D eigenvalue weighted by atomic mass is 35.5. The Bertz CT molecular complexity index is 374. The third-order valence-electron chi connectivity index (χ3n) is 2.98. The van der Waals surface area contributed by atoms with Crippen LogP contribution in [-0.4, -0.2) is 0 Å². The van der Waals surface area contributed by atoms with Crippen molar-refractivity contribution in [2.45, 2.75) is 25.7 Å². The quantitative estimate of drug-likeness (QED) is 0.724. The molecule has 2 heteroatoms. The van der Waals surface area contributed by atoms with E-state index in [0.717, 1.165) is 24.3 Å². The zero-order valence-corrected chi connectivity index (χ0v) is 8.72. The van der Waals surface area contributed by atoms with Crippen molar-refractivity contribution in [1.29, 1.82) is 5.26 Å². The maximum Gasteiger partial charge on any atom is 0.0693 e. The summed E-state index contributed by atoms with van der Waals surface area (Å²) in [7, 11) is 0. The minimum absolute atomic E-state index is 0.0926. The second kappa shape index (κ2) is 3.63. The van der Waals surface area contributed by atoms with Gasteiger partial charge in [0.25, 0.3) is 0 Å². The van der Waals surface area contributed by atoms with E-state index in [2.05, 4.69) is 6.07 Å². The van der Waals surface area contributed by atoms with Crippen LogP contribution in [-0.2, 0) is 6.42 Å². The van der Waals surface area contributed by atoms with E-state index in [1.54, 1.807) is 0 Å². The molecule has 0 unspecified atom stereocenters. The Morgan fingerprint density at radius 1 is 1.43 bits per heavy atom. The van der Waals surface area contributed by atoms with Gasteiger partial charge in [-0.15, -0.1) is 0 Å². The average molecular weight is 206 g/mol. The first kappa shape index (κ1) is 9.55. The van der Waals surface area contributed by atoms with E-state index in [1.807, 2.05) is 24.3 Å². The van der Waals surface area contributed by atoms with Crippen molar-refractivity contribution in [2.75, 3.05) is 0 Å². The average Bonchev–Trinajstić information content (AvgIpc) is 2.11. The molecule has 0 aliphatic heterocycles. The Morgan fingerprint density at radius 2 is 2.21 bits per heavy atom. The molecule has 1 aromatic rings. The number of hydrogen-bond donors (Lipinski definition) is 0. The fourth-order valence-corrected chi connectivity index (χ4v) is 2.18. The molecule has 1 saturated carbocycles. The van der Waals surface area contributed by atoms with Crippen LogP contribution in [0.5, 0.6) is 0 Å². The summed E-state index contributed by atoms with van der Waals surface area (Å²) in [5.74, 6) is 0. The fraction of sp³-hybridized carbons (Fsp3) is 0.417. The molecule has 14 heavy (non-hydrogen) atoms. The third-order valence-corrected chi connectivity index (χ3v) is 3.21. The van der Waals surface area contributed by atoms with Gasteiger partial charge in [0.15, 0.2) is 0 Å². The third kappa shape index (κ3) is 1.76. The summed E-state index contributed by atoms with van der Waals surface area (Å²) in [6, 6.07) is 10.3. The Labute approximate surface area is 89.3 Å². The SMILES string of the molecule is N#CC1(Cc2cccc(Cl)c2)CCC1. The van der Waals surface area contributed by atoms with E-state index in [-0.39, 0.29) is 5.41 Å². The molecular formula is C12H12ClN. The molecule has 0 atom stereocenters. The topological polar surface area (TPSA) is 23.8 Å². The van der Waals surface area contributed by atoms with Crippen LogP contribution in [0.1, 0.15) is 24.8 Å². The van der Waals surface area contributed by atoms with Gasteiger partial charge in [0.05, 0.1) is 11.5 Å². The van der Waals surface area contributed by atoms with Crippen LogP contribution in [0.25, 0.3) is 0 Å². The van der Waals surface area contributed by atoms with Crippen molar-refractivity contribution in [3.05, 3.63) is 34.9 Å². The monoisotopic (exact) mass is 205 g/mol. The Morgan fingerprint density at radius 3 is 2.71 bits per heavy atom. The first-order valence-corrected chi connectivity index (χ1v) is 5.28. The van der Waals surface area contributed by atoms with Gasteiger partial charge in [0.1, 0.15) is 0 Å². The molecule has 0 aromatic heterocycles. The fourth-order valence-electron chi connectivity index (χ4n) is 1.97. The number of benzene rings is 1. The number of rotatable bonds is 2. The molecule has 0 bridgehead atoms. The maximum atomic E-state index is 9.08. The van der Waals surface area contributed by atoms with Crippen LogP contribution in [0.2, 0.25) is 5.02 Å². The van der Waals surface area contributed by atoms with E-state index in [9.17, 15) is 0 Å². The summed E-state index contributed by atoms with van der Waals surface area (Å²) < 4.78 is 0. The lowest BCUT2D eigenvalue weighted by Gasteiger charge is -2.35. The van der Waals surface area contributed by atoms with E-state index in [1.165, 1.54) is 12.0 Å². The number of hydrogen-bond acceptors (Lipinski definition) is 1. The summed E-state index contributed by atoms with van der Waals surface area (Å²) in [5, 5.41) is 9.84. The van der Waals surface area contributed by atoms with Gasteiger partial charge >= 0.3 is 0 Å². The summed E-state index contributed by atoms with van der Waals surface area (Å²) in [5.41, 5.74) is 1.09. The predicted molar refractivity (Wildman–Crippen MR) is 57.1 cm³/mol. The number of halogens is 1. The highest BCUT2D eigenvalue weighted by Crippen LogP contribution is 2.43. The predicted octanol–water partition coefficient (Wildman–Crippen LogP) is 3.58. The van der Waals surface area contributed by atoms with Gasteiger partial charge in [-0.2, -0.15) is 5.26 Å². The Kier molecular flexibility index (Phi) is 2.48. The molecule has 0 radical (unpaired) electrons. The molecule has 2 rings (SSSR count). The van der Waals surface area contributed by atoms with E-state index < -0.39 is 0 Å².